The fourth-order valence-corrected chi connectivity index (χ4v) is 4.44. The molecule has 0 unspecified atom stereocenters. The Balaban J connectivity index is 0.000000216. The van der Waals surface area contributed by atoms with Crippen LogP contribution in [0, 0.1) is 13.8 Å². The summed E-state index contributed by atoms with van der Waals surface area (Å²) < 4.78 is 2.71. The van der Waals surface area contributed by atoms with Crippen LogP contribution in [0.2, 0.25) is 0 Å². The fourth-order valence-electron chi connectivity index (χ4n) is 4.44. The summed E-state index contributed by atoms with van der Waals surface area (Å²) >= 11 is 0. The molecule has 246 valence electrons. The molecule has 0 bridgehead atoms. The summed E-state index contributed by atoms with van der Waals surface area (Å²) in [5.41, 5.74) is 3.20. The number of carboxylic acid groups (broad SMARTS) is 2. The Bertz CT molecular complexity index is 1990. The van der Waals surface area contributed by atoms with Crippen molar-refractivity contribution in [1.29, 1.82) is 0 Å². The minimum absolute atomic E-state index is 0. The average Bonchev–Trinajstić information content (AvgIpc) is 3.55. The van der Waals surface area contributed by atoms with Crippen LogP contribution < -0.4 is 0 Å². The van der Waals surface area contributed by atoms with E-state index >= 15 is 0 Å². The van der Waals surface area contributed by atoms with E-state index in [1.54, 1.807) is 74.5 Å². The zero-order valence-corrected chi connectivity index (χ0v) is 27.3. The maximum atomic E-state index is 11.2. The van der Waals surface area contributed by atoms with Gasteiger partial charge in [-0.25, -0.2) is 9.59 Å². The van der Waals surface area contributed by atoms with Gasteiger partial charge in [0.15, 0.2) is 11.4 Å². The standard InChI is InChI=1S/2C17H14N4O3.Cr/c2*1-11-15(16(22)21(20-11)12-7-3-2-4-8-12)19-18-14-10-6-5-9-13(14)17(23)24;/h2*2-10,22H,1H3,(H,23,24);. The summed E-state index contributed by atoms with van der Waals surface area (Å²) in [6.07, 6.45) is 0. The molecule has 2 aromatic heterocycles. The van der Waals surface area contributed by atoms with E-state index in [4.69, 9.17) is 10.2 Å². The van der Waals surface area contributed by atoms with Gasteiger partial charge in [-0.3, -0.25) is 0 Å². The molecule has 0 saturated carbocycles. The van der Waals surface area contributed by atoms with Crippen molar-refractivity contribution in [2.24, 2.45) is 20.5 Å². The third-order valence-corrected chi connectivity index (χ3v) is 6.80. The number of nitrogens with zero attached hydrogens (tertiary/aromatic N) is 8. The van der Waals surface area contributed by atoms with Gasteiger partial charge in [-0.15, -0.1) is 20.5 Å². The predicted molar refractivity (Wildman–Crippen MR) is 175 cm³/mol. The van der Waals surface area contributed by atoms with Crippen LogP contribution in [-0.4, -0.2) is 51.9 Å². The number of carboxylic acids is 2. The average molecular weight is 697 g/mol. The Kier molecular flexibility index (Phi) is 11.5. The normalized spacial score (nSPS) is 10.8. The molecule has 49 heavy (non-hydrogen) atoms. The molecule has 4 N–H and O–H groups in total. The van der Waals surface area contributed by atoms with Crippen molar-refractivity contribution < 1.29 is 47.4 Å². The second-order valence-corrected chi connectivity index (χ2v) is 10.1. The molecule has 0 spiro atoms. The van der Waals surface area contributed by atoms with Crippen molar-refractivity contribution in [3.8, 4) is 23.1 Å². The van der Waals surface area contributed by atoms with E-state index in [0.717, 1.165) is 0 Å². The number of carbonyl (C=O) groups is 2. The third kappa shape index (κ3) is 8.11. The van der Waals surface area contributed by atoms with Crippen LogP contribution in [0.5, 0.6) is 11.8 Å². The number of benzene rings is 4. The second kappa shape index (κ2) is 15.9. The van der Waals surface area contributed by atoms with E-state index in [1.165, 1.54) is 21.5 Å². The van der Waals surface area contributed by atoms with Gasteiger partial charge in [0, 0.05) is 17.4 Å². The smallest absolute Gasteiger partial charge is 0.337 e. The SMILES string of the molecule is Cc1nn(-c2ccccc2)c(O)c1N=Nc1ccccc1C(=O)O.Cc1nn(-c2ccccc2)c(O)c1N=Nc1ccccc1C(=O)O.[Cr]. The van der Waals surface area contributed by atoms with Crippen molar-refractivity contribution in [1.82, 2.24) is 19.6 Å². The molecule has 4 aromatic carbocycles. The van der Waals surface area contributed by atoms with Crippen LogP contribution in [-0.2, 0) is 17.4 Å². The molecular formula is C34H28CrN8O6. The number of azo groups is 2. The summed E-state index contributed by atoms with van der Waals surface area (Å²) in [7, 11) is 0. The molecule has 6 rings (SSSR count). The van der Waals surface area contributed by atoms with Crippen LogP contribution in [0.15, 0.2) is 130 Å². The zero-order valence-electron chi connectivity index (χ0n) is 26.0. The summed E-state index contributed by atoms with van der Waals surface area (Å²) in [5, 5.41) is 63.4. The number of aromatic hydroxyl groups is 2. The van der Waals surface area contributed by atoms with E-state index in [-0.39, 0.29) is 63.0 Å². The van der Waals surface area contributed by atoms with E-state index in [9.17, 15) is 19.8 Å². The van der Waals surface area contributed by atoms with Crippen LogP contribution in [0.25, 0.3) is 11.4 Å². The second-order valence-electron chi connectivity index (χ2n) is 10.1. The van der Waals surface area contributed by atoms with Gasteiger partial charge in [-0.1, -0.05) is 60.7 Å². The molecule has 0 aliphatic heterocycles. The molecule has 0 saturated heterocycles. The van der Waals surface area contributed by atoms with Crippen molar-refractivity contribution in [3.05, 3.63) is 132 Å². The molecular weight excluding hydrogens is 668 g/mol. The first-order valence-corrected chi connectivity index (χ1v) is 14.3. The van der Waals surface area contributed by atoms with Crippen LogP contribution >= 0.6 is 0 Å². The van der Waals surface area contributed by atoms with Crippen LogP contribution in [0.1, 0.15) is 32.1 Å². The number of aryl methyl sites for hydroxylation is 2. The topological polar surface area (TPSA) is 200 Å². The number of para-hydroxylation sites is 2. The number of aromatic carboxylic acids is 2. The minimum Gasteiger partial charge on any atom is -0.492 e. The van der Waals surface area contributed by atoms with E-state index < -0.39 is 11.9 Å². The minimum atomic E-state index is -1.09. The first-order valence-electron chi connectivity index (χ1n) is 14.3. The van der Waals surface area contributed by atoms with E-state index in [0.29, 0.717) is 22.8 Å². The largest absolute Gasteiger partial charge is 0.492 e. The maximum absolute atomic E-state index is 11.2. The third-order valence-electron chi connectivity index (χ3n) is 6.80. The van der Waals surface area contributed by atoms with Gasteiger partial charge in [0.25, 0.3) is 0 Å². The Labute approximate surface area is 290 Å². The molecule has 0 radical (unpaired) electrons. The van der Waals surface area contributed by atoms with Crippen molar-refractivity contribution >= 4 is 34.7 Å². The van der Waals surface area contributed by atoms with Crippen LogP contribution in [0.4, 0.5) is 22.7 Å². The Morgan fingerprint density at radius 3 is 1.20 bits per heavy atom. The summed E-state index contributed by atoms with van der Waals surface area (Å²) in [6, 6.07) is 30.8. The molecule has 0 aliphatic rings. The Morgan fingerprint density at radius 2 is 0.857 bits per heavy atom. The fraction of sp³-hybridized carbons (Fsp3) is 0.0588. The van der Waals surface area contributed by atoms with Crippen molar-refractivity contribution in [3.63, 3.8) is 0 Å². The maximum Gasteiger partial charge on any atom is 0.337 e. The molecule has 0 amide bonds. The van der Waals surface area contributed by atoms with Crippen molar-refractivity contribution in [2.45, 2.75) is 13.8 Å². The van der Waals surface area contributed by atoms with Crippen molar-refractivity contribution in [2.75, 3.05) is 0 Å². The monoisotopic (exact) mass is 696 g/mol. The molecule has 6 aromatic rings. The summed E-state index contributed by atoms with van der Waals surface area (Å²) in [6.45, 7) is 3.38. The van der Waals surface area contributed by atoms with E-state index in [1.807, 2.05) is 36.4 Å². The van der Waals surface area contributed by atoms with Crippen LogP contribution in [0.3, 0.4) is 0 Å². The molecule has 0 atom stereocenters. The number of hydrogen-bond donors (Lipinski definition) is 4. The molecule has 0 fully saturated rings. The van der Waals surface area contributed by atoms with Gasteiger partial charge in [0.2, 0.25) is 11.8 Å². The molecule has 2 heterocycles. The summed E-state index contributed by atoms with van der Waals surface area (Å²) in [4.78, 5) is 22.4. The van der Waals surface area contributed by atoms with E-state index in [2.05, 4.69) is 30.7 Å². The van der Waals surface area contributed by atoms with Gasteiger partial charge >= 0.3 is 11.9 Å². The first kappa shape index (κ1) is 35.4. The van der Waals surface area contributed by atoms with Gasteiger partial charge < -0.3 is 20.4 Å². The Morgan fingerprint density at radius 1 is 0.531 bits per heavy atom. The quantitative estimate of drug-likeness (QED) is 0.115. The molecule has 15 heteroatoms. The first-order chi connectivity index (χ1) is 23.2. The number of rotatable bonds is 8. The van der Waals surface area contributed by atoms with Gasteiger partial charge in [-0.05, 0) is 62.4 Å². The summed E-state index contributed by atoms with van der Waals surface area (Å²) in [5.74, 6) is -2.50. The molecule has 0 aliphatic carbocycles. The number of aromatic nitrogens is 4. The van der Waals surface area contributed by atoms with Gasteiger partial charge in [-0.2, -0.15) is 19.6 Å². The van der Waals surface area contributed by atoms with Gasteiger partial charge in [0.1, 0.15) is 11.4 Å². The predicted octanol–water partition coefficient (Wildman–Crippen LogP) is 8.00. The number of hydrogen-bond acceptors (Lipinski definition) is 10. The molecule has 14 nitrogen and oxygen atoms in total. The zero-order chi connectivity index (χ0) is 34.2. The van der Waals surface area contributed by atoms with Gasteiger partial charge in [0.05, 0.1) is 33.9 Å². The Hall–Kier alpha value is -6.43.